The highest BCUT2D eigenvalue weighted by Crippen LogP contribution is 2.32. The van der Waals surface area contributed by atoms with Crippen LogP contribution in [0.5, 0.6) is 0 Å². The number of aromatic carboxylic acids is 1. The zero-order valence-corrected chi connectivity index (χ0v) is 11.2. The molecule has 8 heteroatoms. The summed E-state index contributed by atoms with van der Waals surface area (Å²) in [6, 6.07) is 6.24. The van der Waals surface area contributed by atoms with Crippen molar-refractivity contribution < 1.29 is 23.1 Å². The minimum absolute atomic E-state index is 0.103. The average Bonchev–Trinajstić information content (AvgIpc) is 2.83. The fourth-order valence-electron chi connectivity index (χ4n) is 1.86. The van der Waals surface area contributed by atoms with Gasteiger partial charge < -0.3 is 5.11 Å². The van der Waals surface area contributed by atoms with Crippen molar-refractivity contribution >= 4 is 5.97 Å². The van der Waals surface area contributed by atoms with Crippen molar-refractivity contribution in [3.05, 3.63) is 41.2 Å². The van der Waals surface area contributed by atoms with Gasteiger partial charge in [-0.15, -0.1) is 5.10 Å². The lowest BCUT2D eigenvalue weighted by molar-refractivity contribution is -0.143. The van der Waals surface area contributed by atoms with Gasteiger partial charge in [0, 0.05) is 0 Å². The smallest absolute Gasteiger partial charge is 0.436 e. The Morgan fingerprint density at radius 2 is 1.81 bits per heavy atom. The average molecular weight is 299 g/mol. The number of benzene rings is 1. The molecule has 0 aliphatic rings. The number of halogens is 3. The molecule has 1 N–H and O–H groups in total. The van der Waals surface area contributed by atoms with Crippen molar-refractivity contribution in [3.8, 4) is 5.69 Å². The zero-order valence-electron chi connectivity index (χ0n) is 11.2. The molecule has 1 aromatic heterocycles. The molecule has 0 saturated carbocycles. The number of carboxylic acids is 1. The van der Waals surface area contributed by atoms with E-state index in [2.05, 4.69) is 10.3 Å². The third-order valence-electron chi connectivity index (χ3n) is 2.95. The summed E-state index contributed by atoms with van der Waals surface area (Å²) in [6.45, 7) is 3.91. The largest absolute Gasteiger partial charge is 0.476 e. The Hall–Kier alpha value is -2.38. The maximum absolute atomic E-state index is 13.0. The monoisotopic (exact) mass is 299 g/mol. The van der Waals surface area contributed by atoms with Gasteiger partial charge in [0.05, 0.1) is 5.69 Å². The van der Waals surface area contributed by atoms with Crippen molar-refractivity contribution in [1.82, 2.24) is 15.0 Å². The fraction of sp³-hybridized carbons (Fsp3) is 0.308. The van der Waals surface area contributed by atoms with E-state index in [0.717, 1.165) is 5.56 Å². The maximum Gasteiger partial charge on any atom is 0.436 e. The molecule has 0 aliphatic heterocycles. The van der Waals surface area contributed by atoms with Crippen molar-refractivity contribution in [3.63, 3.8) is 0 Å². The first kappa shape index (κ1) is 15.0. The highest BCUT2D eigenvalue weighted by atomic mass is 19.4. The second kappa shape index (κ2) is 5.19. The Morgan fingerprint density at radius 1 is 1.24 bits per heavy atom. The standard InChI is InChI=1S/C13H12F3N3O2/c1-7(2)8-3-5-9(6-4-8)19-11(13(14,15)16)10(12(20)21)17-18-19/h3-7H,1-2H3,(H,20,21). The van der Waals surface area contributed by atoms with Crippen LogP contribution in [0.4, 0.5) is 13.2 Å². The number of nitrogens with zero attached hydrogens (tertiary/aromatic N) is 3. The molecule has 0 spiro atoms. The Kier molecular flexibility index (Phi) is 3.71. The lowest BCUT2D eigenvalue weighted by atomic mass is 10.0. The number of carbonyl (C=O) groups is 1. The number of hydrogen-bond donors (Lipinski definition) is 1. The van der Waals surface area contributed by atoms with Crippen LogP contribution in [0, 0.1) is 0 Å². The Balaban J connectivity index is 2.56. The number of hydrogen-bond acceptors (Lipinski definition) is 3. The van der Waals surface area contributed by atoms with Crippen LogP contribution in [0.25, 0.3) is 5.69 Å². The summed E-state index contributed by atoms with van der Waals surface area (Å²) in [5.41, 5.74) is -1.46. The maximum atomic E-state index is 13.0. The van der Waals surface area contributed by atoms with Crippen molar-refractivity contribution in [2.75, 3.05) is 0 Å². The second-order valence-electron chi connectivity index (χ2n) is 4.75. The SMILES string of the molecule is CC(C)c1ccc(-n2nnc(C(=O)O)c2C(F)(F)F)cc1. The summed E-state index contributed by atoms with van der Waals surface area (Å²) < 4.78 is 39.6. The molecule has 1 heterocycles. The molecule has 112 valence electrons. The van der Waals surface area contributed by atoms with E-state index in [1.165, 1.54) is 12.1 Å². The first-order valence-corrected chi connectivity index (χ1v) is 6.08. The first-order valence-electron chi connectivity index (χ1n) is 6.08. The molecule has 0 radical (unpaired) electrons. The molecule has 2 aromatic rings. The van der Waals surface area contributed by atoms with E-state index < -0.39 is 23.5 Å². The van der Waals surface area contributed by atoms with Crippen LogP contribution in [0.3, 0.4) is 0 Å². The van der Waals surface area contributed by atoms with Crippen LogP contribution in [-0.4, -0.2) is 26.1 Å². The normalized spacial score (nSPS) is 11.9. The van der Waals surface area contributed by atoms with Crippen LogP contribution in [0.15, 0.2) is 24.3 Å². The quantitative estimate of drug-likeness (QED) is 0.945. The van der Waals surface area contributed by atoms with Gasteiger partial charge in [0.1, 0.15) is 0 Å². The predicted octanol–water partition coefficient (Wildman–Crippen LogP) is 3.11. The minimum atomic E-state index is -4.87. The van der Waals surface area contributed by atoms with Gasteiger partial charge in [-0.25, -0.2) is 9.48 Å². The van der Waals surface area contributed by atoms with Gasteiger partial charge in [-0.3, -0.25) is 0 Å². The van der Waals surface area contributed by atoms with Crippen LogP contribution in [-0.2, 0) is 6.18 Å². The van der Waals surface area contributed by atoms with Crippen LogP contribution >= 0.6 is 0 Å². The van der Waals surface area contributed by atoms with E-state index in [1.807, 2.05) is 13.8 Å². The summed E-state index contributed by atoms with van der Waals surface area (Å²) in [4.78, 5) is 10.8. The number of alkyl halides is 3. The van der Waals surface area contributed by atoms with Gasteiger partial charge in [-0.1, -0.05) is 31.2 Å². The Bertz CT molecular complexity index is 660. The van der Waals surface area contributed by atoms with Crippen molar-refractivity contribution in [1.29, 1.82) is 0 Å². The summed E-state index contributed by atoms with van der Waals surface area (Å²) in [5.74, 6) is -1.54. The number of aromatic nitrogens is 3. The summed E-state index contributed by atoms with van der Waals surface area (Å²) in [6.07, 6.45) is -4.87. The molecule has 0 saturated heterocycles. The number of carboxylic acid groups (broad SMARTS) is 1. The molecule has 1 aromatic carbocycles. The summed E-state index contributed by atoms with van der Waals surface area (Å²) >= 11 is 0. The molecular weight excluding hydrogens is 287 g/mol. The van der Waals surface area contributed by atoms with Crippen LogP contribution in [0.1, 0.15) is 41.5 Å². The molecule has 5 nitrogen and oxygen atoms in total. The molecule has 0 bridgehead atoms. The highest BCUT2D eigenvalue weighted by Gasteiger charge is 2.42. The van der Waals surface area contributed by atoms with Crippen molar-refractivity contribution in [2.24, 2.45) is 0 Å². The van der Waals surface area contributed by atoms with Crippen molar-refractivity contribution in [2.45, 2.75) is 25.9 Å². The van der Waals surface area contributed by atoms with Gasteiger partial charge in [-0.05, 0) is 23.6 Å². The first-order chi connectivity index (χ1) is 9.71. The van der Waals surface area contributed by atoms with E-state index >= 15 is 0 Å². The molecular formula is C13H12F3N3O2. The molecule has 0 fully saturated rings. The topological polar surface area (TPSA) is 68.0 Å². The summed E-state index contributed by atoms with van der Waals surface area (Å²) in [5, 5.41) is 15.2. The molecule has 2 rings (SSSR count). The second-order valence-corrected chi connectivity index (χ2v) is 4.75. The van der Waals surface area contributed by atoms with Crippen LogP contribution in [0.2, 0.25) is 0 Å². The van der Waals surface area contributed by atoms with E-state index in [4.69, 9.17) is 5.11 Å². The molecule has 21 heavy (non-hydrogen) atoms. The Labute approximate surface area is 118 Å². The molecule has 0 atom stereocenters. The third-order valence-corrected chi connectivity index (χ3v) is 2.95. The van der Waals surface area contributed by atoms with E-state index in [1.54, 1.807) is 12.1 Å². The zero-order chi connectivity index (χ0) is 15.8. The summed E-state index contributed by atoms with van der Waals surface area (Å²) in [7, 11) is 0. The third kappa shape index (κ3) is 2.88. The lowest BCUT2D eigenvalue weighted by Gasteiger charge is -2.11. The van der Waals surface area contributed by atoms with Gasteiger partial charge in [0.2, 0.25) is 5.69 Å². The van der Waals surface area contributed by atoms with E-state index in [9.17, 15) is 18.0 Å². The molecule has 0 unspecified atom stereocenters. The van der Waals surface area contributed by atoms with Gasteiger partial charge >= 0.3 is 12.1 Å². The van der Waals surface area contributed by atoms with Gasteiger partial charge in [0.15, 0.2) is 5.69 Å². The minimum Gasteiger partial charge on any atom is -0.476 e. The predicted molar refractivity (Wildman–Crippen MR) is 67.4 cm³/mol. The van der Waals surface area contributed by atoms with Gasteiger partial charge in [-0.2, -0.15) is 13.2 Å². The van der Waals surface area contributed by atoms with Crippen LogP contribution < -0.4 is 0 Å². The van der Waals surface area contributed by atoms with E-state index in [0.29, 0.717) is 4.68 Å². The van der Waals surface area contributed by atoms with E-state index in [-0.39, 0.29) is 11.6 Å². The Morgan fingerprint density at radius 3 is 2.24 bits per heavy atom. The fourth-order valence-corrected chi connectivity index (χ4v) is 1.86. The highest BCUT2D eigenvalue weighted by molar-refractivity contribution is 5.86. The lowest BCUT2D eigenvalue weighted by Crippen LogP contribution is -2.17. The number of rotatable bonds is 3. The molecule has 0 aliphatic carbocycles. The molecule has 0 amide bonds. The van der Waals surface area contributed by atoms with Gasteiger partial charge in [0.25, 0.3) is 0 Å².